The highest BCUT2D eigenvalue weighted by Gasteiger charge is 2.58. The number of hydroxylamine groups is 2. The molecular formula is C30H39NO20. The second kappa shape index (κ2) is 18.0. The molecule has 3 fully saturated rings. The Kier molecular flexibility index (Phi) is 14.3. The number of hydrogen-bond acceptors (Lipinski definition) is 20. The summed E-state index contributed by atoms with van der Waals surface area (Å²) in [6.07, 6.45) is -17.5. The third-order valence-corrected chi connectivity index (χ3v) is 7.10. The summed E-state index contributed by atoms with van der Waals surface area (Å²) in [5.74, 6) is -7.88. The van der Waals surface area contributed by atoms with Gasteiger partial charge in [0.1, 0.15) is 31.5 Å². The van der Waals surface area contributed by atoms with Crippen molar-refractivity contribution in [3.05, 3.63) is 0 Å². The Balaban J connectivity index is 2.16. The molecule has 0 aromatic heterocycles. The van der Waals surface area contributed by atoms with Gasteiger partial charge in [-0.3, -0.25) is 43.2 Å². The molecular weight excluding hydrogens is 694 g/mol. The van der Waals surface area contributed by atoms with Gasteiger partial charge >= 0.3 is 41.8 Å². The predicted octanol–water partition coefficient (Wildman–Crippen LogP) is -1.31. The number of carbonyl (C=O) groups excluding carboxylic acids is 9. The van der Waals surface area contributed by atoms with E-state index in [2.05, 4.69) is 0 Å². The van der Waals surface area contributed by atoms with Crippen molar-refractivity contribution in [2.75, 3.05) is 13.2 Å². The minimum Gasteiger partial charge on any atom is -0.463 e. The van der Waals surface area contributed by atoms with Gasteiger partial charge in [-0.1, -0.05) is 0 Å². The number of carbonyl (C=O) groups is 9. The molecule has 51 heavy (non-hydrogen) atoms. The Morgan fingerprint density at radius 2 is 0.863 bits per heavy atom. The topological polar surface area (TPSA) is 258 Å². The van der Waals surface area contributed by atoms with Crippen molar-refractivity contribution < 1.29 is 95.4 Å². The quantitative estimate of drug-likeness (QED) is 0.121. The van der Waals surface area contributed by atoms with Gasteiger partial charge in [-0.15, -0.1) is 0 Å². The summed E-state index contributed by atoms with van der Waals surface area (Å²) in [6.45, 7) is 5.80. The minimum absolute atomic E-state index is 0.206. The molecule has 0 unspecified atom stereocenters. The summed E-state index contributed by atoms with van der Waals surface area (Å²) in [5, 5.41) is 0.384. The molecule has 0 spiro atoms. The lowest BCUT2D eigenvalue weighted by atomic mass is 9.96. The van der Waals surface area contributed by atoms with Crippen molar-refractivity contribution in [3.8, 4) is 0 Å². The molecule has 0 bridgehead atoms. The van der Waals surface area contributed by atoms with Crippen molar-refractivity contribution in [1.82, 2.24) is 5.06 Å². The Labute approximate surface area is 290 Å². The average Bonchev–Trinajstić information content (AvgIpc) is 3.31. The summed E-state index contributed by atoms with van der Waals surface area (Å²) < 4.78 is 55.5. The van der Waals surface area contributed by atoms with Crippen LogP contribution in [-0.4, -0.2) is 133 Å². The zero-order valence-electron chi connectivity index (χ0n) is 28.7. The summed E-state index contributed by atoms with van der Waals surface area (Å²) in [4.78, 5) is 116. The zero-order valence-corrected chi connectivity index (χ0v) is 28.7. The van der Waals surface area contributed by atoms with Crippen LogP contribution in [0.2, 0.25) is 0 Å². The van der Waals surface area contributed by atoms with Crippen LogP contribution in [0.4, 0.5) is 0 Å². The Hall–Kier alpha value is -4.73. The van der Waals surface area contributed by atoms with Crippen LogP contribution in [-0.2, 0) is 95.4 Å². The van der Waals surface area contributed by atoms with E-state index >= 15 is 0 Å². The molecule has 0 N–H and O–H groups in total. The Morgan fingerprint density at radius 3 is 1.29 bits per heavy atom. The number of esters is 7. The van der Waals surface area contributed by atoms with Gasteiger partial charge in [0.15, 0.2) is 36.8 Å². The zero-order chi connectivity index (χ0) is 38.2. The van der Waals surface area contributed by atoms with Gasteiger partial charge in [-0.25, -0.2) is 4.84 Å². The molecule has 3 heterocycles. The predicted molar refractivity (Wildman–Crippen MR) is 155 cm³/mol. The minimum atomic E-state index is -1.88. The van der Waals surface area contributed by atoms with E-state index in [1.165, 1.54) is 0 Å². The fourth-order valence-corrected chi connectivity index (χ4v) is 5.33. The van der Waals surface area contributed by atoms with Crippen LogP contribution in [0.3, 0.4) is 0 Å². The van der Waals surface area contributed by atoms with Crippen LogP contribution in [0.1, 0.15) is 61.3 Å². The van der Waals surface area contributed by atoms with Gasteiger partial charge in [0.05, 0.1) is 0 Å². The largest absolute Gasteiger partial charge is 0.463 e. The SMILES string of the molecule is CC(=O)OC[C@H]1O[C@@H](O[C@H]2[C@H](OC(C)=O)[C@@H](OC(C)=O)[C@H](ON3C(=O)CCC3=O)O[C@@H]2COC(C)=O)[C@H](OC(C)=O)[C@@H](OC(C)=O)[C@@H]1OC(C)=O. The highest BCUT2D eigenvalue weighted by Crippen LogP contribution is 2.36. The van der Waals surface area contributed by atoms with E-state index in [4.69, 9.17) is 52.2 Å². The molecule has 3 aliphatic rings. The van der Waals surface area contributed by atoms with E-state index in [-0.39, 0.29) is 12.8 Å². The highest BCUT2D eigenvalue weighted by molar-refractivity contribution is 6.00. The molecule has 21 heteroatoms. The maximum Gasteiger partial charge on any atom is 0.303 e. The maximum atomic E-state index is 12.5. The number of ether oxygens (including phenoxy) is 10. The molecule has 3 aliphatic heterocycles. The van der Waals surface area contributed by atoms with E-state index < -0.39 is 128 Å². The van der Waals surface area contributed by atoms with E-state index in [0.717, 1.165) is 48.5 Å². The summed E-state index contributed by atoms with van der Waals surface area (Å²) in [5.41, 5.74) is 0. The number of rotatable bonds is 13. The Bertz CT molecular complexity index is 1360. The first-order valence-corrected chi connectivity index (χ1v) is 15.5. The maximum absolute atomic E-state index is 12.5. The van der Waals surface area contributed by atoms with Gasteiger partial charge in [0.2, 0.25) is 6.29 Å². The monoisotopic (exact) mass is 733 g/mol. The van der Waals surface area contributed by atoms with Gasteiger partial charge in [0, 0.05) is 61.3 Å². The van der Waals surface area contributed by atoms with Crippen LogP contribution >= 0.6 is 0 Å². The van der Waals surface area contributed by atoms with Crippen molar-refractivity contribution in [3.63, 3.8) is 0 Å². The number of imide groups is 1. The molecule has 0 aromatic rings. The molecule has 284 valence electrons. The number of amides is 2. The molecule has 10 atom stereocenters. The second-order valence-corrected chi connectivity index (χ2v) is 11.3. The van der Waals surface area contributed by atoms with Crippen molar-refractivity contribution in [2.45, 2.75) is 123 Å². The van der Waals surface area contributed by atoms with Crippen LogP contribution in [0.5, 0.6) is 0 Å². The first-order chi connectivity index (χ1) is 23.9. The van der Waals surface area contributed by atoms with Gasteiger partial charge in [0.25, 0.3) is 11.8 Å². The standard InChI is InChI=1S/C30H39NO20/c1-12(32)41-10-19-23(43-14(3)34)25(44-15(4)35)27(46-17(6)37)29(48-19)50-24-20(11-42-13(2)33)49-30(51-31-21(39)8-9-22(31)40)28(47-18(7)38)26(24)45-16(5)36/h19-20,23-30H,8-11H2,1-7H3/t19-,20-,23-,24-,25+,26+,27-,28-,29+,30+/m1/s1. The van der Waals surface area contributed by atoms with E-state index in [1.54, 1.807) is 0 Å². The molecule has 21 nitrogen and oxygen atoms in total. The van der Waals surface area contributed by atoms with Crippen LogP contribution in [0.25, 0.3) is 0 Å². The third kappa shape index (κ3) is 11.4. The summed E-state index contributed by atoms with van der Waals surface area (Å²) in [7, 11) is 0. The molecule has 3 saturated heterocycles. The van der Waals surface area contributed by atoms with E-state index in [9.17, 15) is 43.2 Å². The lowest BCUT2D eigenvalue weighted by Gasteiger charge is -2.48. The van der Waals surface area contributed by atoms with E-state index in [0.29, 0.717) is 5.06 Å². The highest BCUT2D eigenvalue weighted by atomic mass is 16.8. The van der Waals surface area contributed by atoms with Crippen LogP contribution < -0.4 is 0 Å². The summed E-state index contributed by atoms with van der Waals surface area (Å²) in [6, 6.07) is 0. The number of hydrogen-bond donors (Lipinski definition) is 0. The normalized spacial score (nSPS) is 30.5. The first kappa shape index (κ1) is 40.7. The first-order valence-electron chi connectivity index (χ1n) is 15.5. The van der Waals surface area contributed by atoms with Crippen LogP contribution in [0, 0.1) is 0 Å². The molecule has 0 radical (unpaired) electrons. The smallest absolute Gasteiger partial charge is 0.303 e. The van der Waals surface area contributed by atoms with Crippen molar-refractivity contribution >= 4 is 53.6 Å². The van der Waals surface area contributed by atoms with Crippen LogP contribution in [0.15, 0.2) is 0 Å². The van der Waals surface area contributed by atoms with Gasteiger partial charge < -0.3 is 47.4 Å². The summed E-state index contributed by atoms with van der Waals surface area (Å²) >= 11 is 0. The molecule has 3 rings (SSSR count). The van der Waals surface area contributed by atoms with E-state index in [1.807, 2.05) is 0 Å². The van der Waals surface area contributed by atoms with Gasteiger partial charge in [-0.05, 0) is 0 Å². The van der Waals surface area contributed by atoms with Crippen molar-refractivity contribution in [2.24, 2.45) is 0 Å². The average molecular weight is 734 g/mol. The lowest BCUT2D eigenvalue weighted by molar-refractivity contribution is -0.376. The van der Waals surface area contributed by atoms with Crippen molar-refractivity contribution in [1.29, 1.82) is 0 Å². The Morgan fingerprint density at radius 1 is 0.510 bits per heavy atom. The van der Waals surface area contributed by atoms with Gasteiger partial charge in [-0.2, -0.15) is 5.06 Å². The molecule has 0 saturated carbocycles. The second-order valence-electron chi connectivity index (χ2n) is 11.3. The number of nitrogens with zero attached hydrogens (tertiary/aromatic N) is 1. The fraction of sp³-hybridized carbons (Fsp3) is 0.700. The molecule has 2 amide bonds. The third-order valence-electron chi connectivity index (χ3n) is 7.10. The lowest BCUT2D eigenvalue weighted by Crippen LogP contribution is -2.67. The molecule has 0 aromatic carbocycles. The fourth-order valence-electron chi connectivity index (χ4n) is 5.33. The molecule has 0 aliphatic carbocycles.